The van der Waals surface area contributed by atoms with Crippen LogP contribution in [0.25, 0.3) is 11.1 Å². The summed E-state index contributed by atoms with van der Waals surface area (Å²) in [6.45, 7) is 0. The average molecular weight is 336 g/mol. The molecule has 2 aromatic rings. The number of carboxylic acids is 1. The van der Waals surface area contributed by atoms with Gasteiger partial charge in [-0.15, -0.1) is 0 Å². The first-order valence-electron chi connectivity index (χ1n) is 5.59. The molecule has 0 aliphatic heterocycles. The fraction of sp³-hybridized carbons (Fsp3) is 0.0769. The molecule has 1 N–H and O–H groups in total. The van der Waals surface area contributed by atoms with Crippen LogP contribution in [0.1, 0.15) is 10.4 Å². The number of carbonyl (C=O) groups is 1. The number of halogens is 5. The summed E-state index contributed by atoms with van der Waals surface area (Å²) in [5.74, 6) is -8.69. The molecule has 0 spiro atoms. The second kappa shape index (κ2) is 5.80. The number of aromatic nitrogens is 1. The maximum absolute atomic E-state index is 13.8. The summed E-state index contributed by atoms with van der Waals surface area (Å²) >= 11 is 5.71. The van der Waals surface area contributed by atoms with Crippen LogP contribution in [0.3, 0.4) is 0 Å². The zero-order valence-corrected chi connectivity index (χ0v) is 11.5. The molecule has 1 aromatic heterocycles. The molecule has 0 saturated carbocycles. The molecule has 1 aromatic carbocycles. The fourth-order valence-corrected chi connectivity index (χ4v) is 1.99. The number of methoxy groups -OCH3 is 1. The molecule has 0 saturated heterocycles. The van der Waals surface area contributed by atoms with Crippen molar-refractivity contribution in [2.45, 2.75) is 0 Å². The molecule has 0 aliphatic rings. The van der Waals surface area contributed by atoms with Crippen LogP contribution in [0.15, 0.2) is 12.1 Å². The lowest BCUT2D eigenvalue weighted by molar-refractivity contribution is 0.0692. The molecule has 0 bridgehead atoms. The molecule has 0 unspecified atom stereocenters. The monoisotopic (exact) mass is 335 g/mol. The van der Waals surface area contributed by atoms with Gasteiger partial charge in [0.05, 0.1) is 12.7 Å². The molecule has 0 aliphatic carbocycles. The number of pyridine rings is 1. The molecule has 1 heterocycles. The van der Waals surface area contributed by atoms with E-state index in [1.165, 1.54) is 0 Å². The third-order valence-electron chi connectivity index (χ3n) is 2.75. The molecule has 0 fully saturated rings. The van der Waals surface area contributed by atoms with Crippen LogP contribution in [-0.4, -0.2) is 23.2 Å². The molecular formula is C13H6ClF4NO3. The van der Waals surface area contributed by atoms with Crippen molar-refractivity contribution in [2.24, 2.45) is 0 Å². The zero-order valence-electron chi connectivity index (χ0n) is 10.8. The third-order valence-corrected chi connectivity index (χ3v) is 3.03. The third kappa shape index (κ3) is 2.57. The normalized spacial score (nSPS) is 10.6. The van der Waals surface area contributed by atoms with Gasteiger partial charge in [0.15, 0.2) is 23.3 Å². The standard InChI is InChI=1S/C13H6ClF4NO3/c1-22-12-5(13(20)21)2-4(11(14)19-12)8-9(17)6(15)3-7(16)10(8)18/h2-3H,1H3,(H,20,21). The Bertz CT molecular complexity index is 756. The van der Waals surface area contributed by atoms with Crippen molar-refractivity contribution < 1.29 is 32.2 Å². The van der Waals surface area contributed by atoms with Gasteiger partial charge in [0, 0.05) is 11.6 Å². The van der Waals surface area contributed by atoms with E-state index in [2.05, 4.69) is 9.72 Å². The lowest BCUT2D eigenvalue weighted by Crippen LogP contribution is -2.06. The van der Waals surface area contributed by atoms with E-state index >= 15 is 0 Å². The Morgan fingerprint density at radius 1 is 1.18 bits per heavy atom. The smallest absolute Gasteiger partial charge is 0.341 e. The highest BCUT2D eigenvalue weighted by molar-refractivity contribution is 6.32. The number of nitrogens with zero attached hydrogens (tertiary/aromatic N) is 1. The summed E-state index contributed by atoms with van der Waals surface area (Å²) in [7, 11) is 1.10. The van der Waals surface area contributed by atoms with E-state index in [4.69, 9.17) is 16.7 Å². The van der Waals surface area contributed by atoms with Gasteiger partial charge >= 0.3 is 5.97 Å². The van der Waals surface area contributed by atoms with Gasteiger partial charge in [-0.1, -0.05) is 11.6 Å². The van der Waals surface area contributed by atoms with E-state index in [9.17, 15) is 22.4 Å². The van der Waals surface area contributed by atoms with E-state index in [1.54, 1.807) is 0 Å². The van der Waals surface area contributed by atoms with Gasteiger partial charge in [-0.2, -0.15) is 0 Å². The van der Waals surface area contributed by atoms with Crippen molar-refractivity contribution >= 4 is 17.6 Å². The lowest BCUT2D eigenvalue weighted by Gasteiger charge is -2.11. The Balaban J connectivity index is 2.84. The predicted molar refractivity (Wildman–Crippen MR) is 68.0 cm³/mol. The van der Waals surface area contributed by atoms with Crippen molar-refractivity contribution in [2.75, 3.05) is 7.11 Å². The SMILES string of the molecule is COc1nc(Cl)c(-c2c(F)c(F)cc(F)c2F)cc1C(=O)O. The number of rotatable bonds is 3. The topological polar surface area (TPSA) is 59.4 Å². The van der Waals surface area contributed by atoms with Crippen LogP contribution >= 0.6 is 11.6 Å². The first-order chi connectivity index (χ1) is 10.3. The van der Waals surface area contributed by atoms with Crippen LogP contribution < -0.4 is 4.74 Å². The summed E-state index contributed by atoms with van der Waals surface area (Å²) in [5.41, 5.74) is -2.35. The molecular weight excluding hydrogens is 330 g/mol. The summed E-state index contributed by atoms with van der Waals surface area (Å²) in [6.07, 6.45) is 0. The van der Waals surface area contributed by atoms with Gasteiger partial charge in [-0.3, -0.25) is 0 Å². The number of ether oxygens (including phenoxy) is 1. The van der Waals surface area contributed by atoms with E-state index in [1.807, 2.05) is 0 Å². The Morgan fingerprint density at radius 2 is 1.73 bits per heavy atom. The molecule has 22 heavy (non-hydrogen) atoms. The molecule has 2 rings (SSSR count). The molecule has 4 nitrogen and oxygen atoms in total. The minimum atomic E-state index is -1.72. The summed E-state index contributed by atoms with van der Waals surface area (Å²) in [6, 6.07) is 0.744. The molecule has 0 amide bonds. The number of hydrogen-bond donors (Lipinski definition) is 1. The Morgan fingerprint density at radius 3 is 2.18 bits per heavy atom. The summed E-state index contributed by atoms with van der Waals surface area (Å²) < 4.78 is 58.7. The van der Waals surface area contributed by atoms with Gasteiger partial charge in [0.25, 0.3) is 0 Å². The first kappa shape index (κ1) is 16.0. The summed E-state index contributed by atoms with van der Waals surface area (Å²) in [4.78, 5) is 14.6. The van der Waals surface area contributed by atoms with Gasteiger partial charge in [-0.05, 0) is 6.07 Å². The molecule has 0 radical (unpaired) electrons. The van der Waals surface area contributed by atoms with E-state index in [0.717, 1.165) is 13.2 Å². The van der Waals surface area contributed by atoms with Crippen molar-refractivity contribution in [3.63, 3.8) is 0 Å². The van der Waals surface area contributed by atoms with Crippen LogP contribution in [0.5, 0.6) is 5.88 Å². The molecule has 9 heteroatoms. The highest BCUT2D eigenvalue weighted by Crippen LogP contribution is 2.36. The highest BCUT2D eigenvalue weighted by atomic mass is 35.5. The second-order valence-electron chi connectivity index (χ2n) is 4.03. The Kier molecular flexibility index (Phi) is 4.23. The van der Waals surface area contributed by atoms with Crippen molar-refractivity contribution in [1.82, 2.24) is 4.98 Å². The quantitative estimate of drug-likeness (QED) is 0.528. The van der Waals surface area contributed by atoms with Crippen LogP contribution in [-0.2, 0) is 0 Å². The van der Waals surface area contributed by atoms with Crippen LogP contribution in [0.2, 0.25) is 5.15 Å². The maximum Gasteiger partial charge on any atom is 0.341 e. The van der Waals surface area contributed by atoms with E-state index in [-0.39, 0.29) is 6.07 Å². The average Bonchev–Trinajstić information content (AvgIpc) is 2.46. The minimum Gasteiger partial charge on any atom is -0.480 e. The minimum absolute atomic E-state index is 0.0249. The van der Waals surface area contributed by atoms with Crippen LogP contribution in [0.4, 0.5) is 17.6 Å². The Labute approximate surface area is 125 Å². The molecule has 116 valence electrons. The number of carboxylic acid groups (broad SMARTS) is 1. The predicted octanol–water partition coefficient (Wildman–Crippen LogP) is 3.67. The van der Waals surface area contributed by atoms with Gasteiger partial charge in [-0.25, -0.2) is 27.3 Å². The van der Waals surface area contributed by atoms with E-state index < -0.39 is 57.0 Å². The van der Waals surface area contributed by atoms with Crippen molar-refractivity contribution in [1.29, 1.82) is 0 Å². The Hall–Kier alpha value is -2.35. The number of aromatic carboxylic acids is 1. The zero-order chi connectivity index (χ0) is 16.6. The highest BCUT2D eigenvalue weighted by Gasteiger charge is 2.25. The van der Waals surface area contributed by atoms with Gasteiger partial charge < -0.3 is 9.84 Å². The molecule has 0 atom stereocenters. The van der Waals surface area contributed by atoms with Crippen LogP contribution in [0, 0.1) is 23.3 Å². The number of benzene rings is 1. The van der Waals surface area contributed by atoms with Gasteiger partial charge in [0.2, 0.25) is 5.88 Å². The number of hydrogen-bond acceptors (Lipinski definition) is 3. The first-order valence-corrected chi connectivity index (χ1v) is 5.96. The summed E-state index contributed by atoms with van der Waals surface area (Å²) in [5, 5.41) is 8.43. The maximum atomic E-state index is 13.8. The fourth-order valence-electron chi connectivity index (χ4n) is 1.77. The van der Waals surface area contributed by atoms with Gasteiger partial charge in [0.1, 0.15) is 10.7 Å². The second-order valence-corrected chi connectivity index (χ2v) is 4.39. The lowest BCUT2D eigenvalue weighted by atomic mass is 10.0. The van der Waals surface area contributed by atoms with Crippen molar-refractivity contribution in [3.8, 4) is 17.0 Å². The largest absolute Gasteiger partial charge is 0.480 e. The van der Waals surface area contributed by atoms with E-state index in [0.29, 0.717) is 0 Å². The van der Waals surface area contributed by atoms with Crippen molar-refractivity contribution in [3.05, 3.63) is 46.1 Å².